The molecule has 0 unspecified atom stereocenters. The molecule has 2 aromatic rings. The largest absolute Gasteiger partial charge is 0.493 e. The number of carbonyl (C=O) groups excluding carboxylic acids is 1. The number of piperazine rings is 1. The predicted octanol–water partition coefficient (Wildman–Crippen LogP) is 4.17. The number of rotatable bonds is 6. The van der Waals surface area contributed by atoms with Gasteiger partial charge in [0.25, 0.3) is 5.91 Å². The highest BCUT2D eigenvalue weighted by Crippen LogP contribution is 2.37. The van der Waals surface area contributed by atoms with E-state index in [-0.39, 0.29) is 5.91 Å². The molecular weight excluding hydrogens is 434 g/mol. The Bertz CT molecular complexity index is 880. The zero-order valence-corrected chi connectivity index (χ0v) is 19.0. The Hall–Kier alpha value is -2.25. The Morgan fingerprint density at radius 3 is 2.52 bits per heavy atom. The summed E-state index contributed by atoms with van der Waals surface area (Å²) in [5.41, 5.74) is 3.65. The summed E-state index contributed by atoms with van der Waals surface area (Å²) in [4.78, 5) is 17.5. The number of hydrogen-bond donors (Lipinski definition) is 1. The number of halogens is 1. The number of nitrogens with one attached hydrogen (secondary N) is 1. The number of anilines is 2. The van der Waals surface area contributed by atoms with Crippen molar-refractivity contribution in [2.24, 2.45) is 0 Å². The van der Waals surface area contributed by atoms with Crippen LogP contribution >= 0.6 is 15.9 Å². The summed E-state index contributed by atoms with van der Waals surface area (Å²) in [6.07, 6.45) is 0. The lowest BCUT2D eigenvalue weighted by Gasteiger charge is -2.35. The Morgan fingerprint density at radius 1 is 1.17 bits per heavy atom. The average molecular weight is 462 g/mol. The van der Waals surface area contributed by atoms with Gasteiger partial charge in [0.15, 0.2) is 11.5 Å². The zero-order chi connectivity index (χ0) is 21.0. The highest BCUT2D eigenvalue weighted by Gasteiger charge is 2.18. The van der Waals surface area contributed by atoms with E-state index in [1.807, 2.05) is 19.1 Å². The van der Waals surface area contributed by atoms with Crippen LogP contribution in [0.5, 0.6) is 11.5 Å². The maximum absolute atomic E-state index is 12.8. The molecule has 7 heteroatoms. The van der Waals surface area contributed by atoms with Crippen molar-refractivity contribution in [2.45, 2.75) is 13.8 Å². The van der Waals surface area contributed by atoms with E-state index in [1.165, 1.54) is 5.69 Å². The van der Waals surface area contributed by atoms with E-state index >= 15 is 0 Å². The molecule has 0 aromatic heterocycles. The van der Waals surface area contributed by atoms with Gasteiger partial charge < -0.3 is 24.6 Å². The van der Waals surface area contributed by atoms with Gasteiger partial charge in [-0.2, -0.15) is 0 Å². The molecule has 156 valence electrons. The smallest absolute Gasteiger partial charge is 0.255 e. The number of carbonyl (C=O) groups is 1. The number of ether oxygens (including phenoxy) is 2. The summed E-state index contributed by atoms with van der Waals surface area (Å²) < 4.78 is 11.7. The fourth-order valence-corrected chi connectivity index (χ4v) is 4.03. The molecular formula is C22H28BrN3O3. The molecule has 0 bridgehead atoms. The Balaban J connectivity index is 1.75. The number of aryl methyl sites for hydroxylation is 1. The second-order valence-corrected chi connectivity index (χ2v) is 8.02. The van der Waals surface area contributed by atoms with Crippen LogP contribution in [0.3, 0.4) is 0 Å². The van der Waals surface area contributed by atoms with Crippen LogP contribution in [0.2, 0.25) is 0 Å². The van der Waals surface area contributed by atoms with E-state index in [2.05, 4.69) is 51.1 Å². The van der Waals surface area contributed by atoms with Crippen molar-refractivity contribution in [3.05, 3.63) is 45.9 Å². The number of methoxy groups -OCH3 is 1. The molecule has 2 aromatic carbocycles. The summed E-state index contributed by atoms with van der Waals surface area (Å²) in [7, 11) is 3.71. The minimum Gasteiger partial charge on any atom is -0.493 e. The normalized spacial score (nSPS) is 14.6. The van der Waals surface area contributed by atoms with Crippen molar-refractivity contribution in [2.75, 3.05) is 57.2 Å². The monoisotopic (exact) mass is 461 g/mol. The fraction of sp³-hybridized carbons (Fsp3) is 0.409. The fourth-order valence-electron chi connectivity index (χ4n) is 3.47. The molecule has 1 fully saturated rings. The number of nitrogens with zero attached hydrogens (tertiary/aromatic N) is 2. The third-order valence-electron chi connectivity index (χ3n) is 5.08. The number of likely N-dealkylation sites (N-methyl/N-ethyl adjacent to an activating group) is 1. The van der Waals surface area contributed by atoms with E-state index in [4.69, 9.17) is 9.47 Å². The maximum atomic E-state index is 12.8. The zero-order valence-electron chi connectivity index (χ0n) is 17.4. The van der Waals surface area contributed by atoms with Gasteiger partial charge in [-0.3, -0.25) is 4.79 Å². The minimum absolute atomic E-state index is 0.196. The first-order chi connectivity index (χ1) is 13.9. The topological polar surface area (TPSA) is 54.0 Å². The molecule has 0 spiro atoms. The minimum atomic E-state index is -0.196. The van der Waals surface area contributed by atoms with Crippen molar-refractivity contribution < 1.29 is 14.3 Å². The third-order valence-corrected chi connectivity index (χ3v) is 5.67. The van der Waals surface area contributed by atoms with Crippen LogP contribution in [0.4, 0.5) is 11.4 Å². The first-order valence-corrected chi connectivity index (χ1v) is 10.6. The van der Waals surface area contributed by atoms with Gasteiger partial charge in [0.2, 0.25) is 0 Å². The Morgan fingerprint density at radius 2 is 1.90 bits per heavy atom. The SMILES string of the molecule is CCOc1c(Br)cc(C(=O)Nc2ccc(N3CCN(C)CC3)c(C)c2)cc1OC. The summed E-state index contributed by atoms with van der Waals surface area (Å²) in [5.74, 6) is 0.922. The van der Waals surface area contributed by atoms with Crippen LogP contribution in [-0.4, -0.2) is 57.8 Å². The standard InChI is InChI=1S/C22H28BrN3O3/c1-5-29-21-18(23)13-16(14-20(21)28-4)22(27)24-17-6-7-19(15(2)12-17)26-10-8-25(3)9-11-26/h6-7,12-14H,5,8-11H2,1-4H3,(H,24,27). The van der Waals surface area contributed by atoms with Gasteiger partial charge in [-0.15, -0.1) is 0 Å². The molecule has 0 aliphatic carbocycles. The lowest BCUT2D eigenvalue weighted by atomic mass is 10.1. The van der Waals surface area contributed by atoms with Crippen molar-refractivity contribution >= 4 is 33.2 Å². The van der Waals surface area contributed by atoms with Crippen LogP contribution in [0, 0.1) is 6.92 Å². The molecule has 29 heavy (non-hydrogen) atoms. The number of benzene rings is 2. The Labute approximate surface area is 180 Å². The number of hydrogen-bond acceptors (Lipinski definition) is 5. The van der Waals surface area contributed by atoms with E-state index in [0.717, 1.165) is 37.4 Å². The van der Waals surface area contributed by atoms with E-state index in [0.29, 0.717) is 28.1 Å². The van der Waals surface area contributed by atoms with Crippen LogP contribution in [-0.2, 0) is 0 Å². The Kier molecular flexibility index (Phi) is 7.03. The molecule has 1 N–H and O–H groups in total. The van der Waals surface area contributed by atoms with E-state index in [9.17, 15) is 4.79 Å². The summed E-state index contributed by atoms with van der Waals surface area (Å²) in [6.45, 7) is 8.66. The van der Waals surface area contributed by atoms with E-state index in [1.54, 1.807) is 19.2 Å². The summed E-state index contributed by atoms with van der Waals surface area (Å²) >= 11 is 3.47. The van der Waals surface area contributed by atoms with Crippen molar-refractivity contribution in [1.82, 2.24) is 4.90 Å². The molecule has 1 heterocycles. The molecule has 1 aliphatic heterocycles. The maximum Gasteiger partial charge on any atom is 0.255 e. The molecule has 6 nitrogen and oxygen atoms in total. The third kappa shape index (κ3) is 5.03. The molecule has 0 radical (unpaired) electrons. The van der Waals surface area contributed by atoms with Gasteiger partial charge in [0.1, 0.15) is 0 Å². The summed E-state index contributed by atoms with van der Waals surface area (Å²) in [6, 6.07) is 9.50. The molecule has 3 rings (SSSR count). The van der Waals surface area contributed by atoms with Crippen LogP contribution in [0.25, 0.3) is 0 Å². The van der Waals surface area contributed by atoms with Gasteiger partial charge in [-0.05, 0) is 72.7 Å². The molecule has 0 saturated carbocycles. The van der Waals surface area contributed by atoms with Crippen LogP contribution < -0.4 is 19.7 Å². The van der Waals surface area contributed by atoms with Crippen LogP contribution in [0.1, 0.15) is 22.8 Å². The summed E-state index contributed by atoms with van der Waals surface area (Å²) in [5, 5.41) is 2.98. The quantitative estimate of drug-likeness (QED) is 0.699. The lowest BCUT2D eigenvalue weighted by molar-refractivity contribution is 0.102. The number of amides is 1. The second kappa shape index (κ2) is 9.50. The highest BCUT2D eigenvalue weighted by atomic mass is 79.9. The lowest BCUT2D eigenvalue weighted by Crippen LogP contribution is -2.44. The predicted molar refractivity (Wildman–Crippen MR) is 121 cm³/mol. The van der Waals surface area contributed by atoms with Gasteiger partial charge in [-0.25, -0.2) is 0 Å². The first-order valence-electron chi connectivity index (χ1n) is 9.78. The molecule has 1 aliphatic rings. The first kappa shape index (κ1) is 21.5. The van der Waals surface area contributed by atoms with Crippen molar-refractivity contribution in [3.63, 3.8) is 0 Å². The molecule has 1 saturated heterocycles. The van der Waals surface area contributed by atoms with Gasteiger partial charge in [-0.1, -0.05) is 0 Å². The molecule has 0 atom stereocenters. The van der Waals surface area contributed by atoms with Gasteiger partial charge in [0, 0.05) is 43.1 Å². The van der Waals surface area contributed by atoms with Crippen molar-refractivity contribution in [3.8, 4) is 11.5 Å². The highest BCUT2D eigenvalue weighted by molar-refractivity contribution is 9.10. The van der Waals surface area contributed by atoms with Crippen molar-refractivity contribution in [1.29, 1.82) is 0 Å². The van der Waals surface area contributed by atoms with E-state index < -0.39 is 0 Å². The second-order valence-electron chi connectivity index (χ2n) is 7.17. The average Bonchev–Trinajstić information content (AvgIpc) is 2.70. The van der Waals surface area contributed by atoms with Crippen LogP contribution in [0.15, 0.2) is 34.8 Å². The molecule has 1 amide bonds. The van der Waals surface area contributed by atoms with Gasteiger partial charge >= 0.3 is 0 Å². The van der Waals surface area contributed by atoms with Gasteiger partial charge in [0.05, 0.1) is 18.2 Å².